The van der Waals surface area contributed by atoms with Gasteiger partial charge in [-0.1, -0.05) is 13.0 Å². The Labute approximate surface area is 160 Å². The number of carbonyl (C=O) groups is 1. The lowest BCUT2D eigenvalue weighted by Crippen LogP contribution is -2.25. The number of benzene rings is 1. The normalized spacial score (nSPS) is 13.2. The Balaban J connectivity index is 1.73. The molecule has 0 spiro atoms. The van der Waals surface area contributed by atoms with Crippen LogP contribution in [0.2, 0.25) is 0 Å². The maximum absolute atomic E-state index is 10.9. The molecule has 3 heterocycles. The van der Waals surface area contributed by atoms with Crippen LogP contribution >= 0.6 is 0 Å². The van der Waals surface area contributed by atoms with Gasteiger partial charge in [0.05, 0.1) is 29.3 Å². The summed E-state index contributed by atoms with van der Waals surface area (Å²) in [6.45, 7) is 3.87. The van der Waals surface area contributed by atoms with Crippen molar-refractivity contribution in [3.8, 4) is 0 Å². The van der Waals surface area contributed by atoms with Gasteiger partial charge in [-0.05, 0) is 36.8 Å². The summed E-state index contributed by atoms with van der Waals surface area (Å²) in [5, 5.41) is 14.0. The summed E-state index contributed by atoms with van der Waals surface area (Å²) in [4.78, 5) is 15.3. The maximum atomic E-state index is 10.9. The number of nitrogens with zero attached hydrogens (tertiary/aromatic N) is 6. The number of hydrazone groups is 1. The van der Waals surface area contributed by atoms with E-state index < -0.39 is 6.03 Å². The number of carbonyl (C=O) groups excluding carboxylic acids is 1. The molecule has 0 saturated carbocycles. The number of fused-ring (bicyclic) bond motifs is 2. The third-order valence-corrected chi connectivity index (χ3v) is 4.81. The van der Waals surface area contributed by atoms with E-state index in [2.05, 4.69) is 50.8 Å². The van der Waals surface area contributed by atoms with Crippen LogP contribution in [0.25, 0.3) is 16.6 Å². The molecule has 4 rings (SSSR count). The van der Waals surface area contributed by atoms with Crippen molar-refractivity contribution in [2.24, 2.45) is 17.9 Å². The first-order chi connectivity index (χ1) is 13.4. The smallest absolute Gasteiger partial charge is 0.332 e. The molecule has 0 bridgehead atoms. The molecule has 2 amide bonds. The average molecular weight is 376 g/mol. The number of nitrogens with one attached hydrogen (secondary N) is 1. The molecule has 0 aliphatic heterocycles. The number of hydrogen-bond donors (Lipinski definition) is 2. The van der Waals surface area contributed by atoms with Crippen LogP contribution in [0.3, 0.4) is 0 Å². The number of urea groups is 1. The highest BCUT2D eigenvalue weighted by molar-refractivity contribution is 5.97. The van der Waals surface area contributed by atoms with E-state index in [4.69, 9.17) is 5.73 Å². The fourth-order valence-corrected chi connectivity index (χ4v) is 3.20. The van der Waals surface area contributed by atoms with Gasteiger partial charge in [-0.25, -0.2) is 19.7 Å². The molecular formula is C19H20N8O. The lowest BCUT2D eigenvalue weighted by atomic mass is 9.97. The summed E-state index contributed by atoms with van der Waals surface area (Å²) >= 11 is 0. The van der Waals surface area contributed by atoms with Gasteiger partial charge in [-0.3, -0.25) is 4.68 Å². The number of imidazole rings is 1. The Hall–Kier alpha value is -3.75. The van der Waals surface area contributed by atoms with E-state index in [1.54, 1.807) is 17.5 Å². The van der Waals surface area contributed by atoms with E-state index in [9.17, 15) is 4.79 Å². The first kappa shape index (κ1) is 17.7. The van der Waals surface area contributed by atoms with Gasteiger partial charge in [0.25, 0.3) is 0 Å². The van der Waals surface area contributed by atoms with Crippen molar-refractivity contribution in [3.63, 3.8) is 0 Å². The molecular weight excluding hydrogens is 356 g/mol. The molecule has 142 valence electrons. The number of hydrogen-bond acceptors (Lipinski definition) is 5. The predicted octanol–water partition coefficient (Wildman–Crippen LogP) is 2.16. The largest absolute Gasteiger partial charge is 0.350 e. The van der Waals surface area contributed by atoms with Crippen LogP contribution in [0.4, 0.5) is 4.79 Å². The Morgan fingerprint density at radius 3 is 2.86 bits per heavy atom. The molecule has 3 N–H and O–H groups in total. The van der Waals surface area contributed by atoms with Gasteiger partial charge in [0.2, 0.25) is 0 Å². The van der Waals surface area contributed by atoms with E-state index >= 15 is 0 Å². The molecule has 0 aliphatic rings. The van der Waals surface area contributed by atoms with E-state index in [0.717, 1.165) is 27.8 Å². The Morgan fingerprint density at radius 2 is 2.07 bits per heavy atom. The second kappa shape index (κ2) is 6.76. The van der Waals surface area contributed by atoms with Crippen molar-refractivity contribution in [1.29, 1.82) is 0 Å². The third-order valence-electron chi connectivity index (χ3n) is 4.81. The zero-order valence-electron chi connectivity index (χ0n) is 15.8. The van der Waals surface area contributed by atoms with Crippen molar-refractivity contribution in [1.82, 2.24) is 29.8 Å². The van der Waals surface area contributed by atoms with Gasteiger partial charge in [0.15, 0.2) is 5.65 Å². The van der Waals surface area contributed by atoms with Crippen molar-refractivity contribution >= 4 is 28.3 Å². The summed E-state index contributed by atoms with van der Waals surface area (Å²) in [7, 11) is 1.93. The summed E-state index contributed by atoms with van der Waals surface area (Å²) in [5.41, 5.74) is 12.4. The van der Waals surface area contributed by atoms with Gasteiger partial charge in [0.1, 0.15) is 5.69 Å². The second-order valence-electron chi connectivity index (χ2n) is 6.65. The van der Waals surface area contributed by atoms with Crippen molar-refractivity contribution in [2.45, 2.75) is 19.8 Å². The molecule has 1 atom stereocenters. The van der Waals surface area contributed by atoms with E-state index in [1.165, 1.54) is 0 Å². The molecule has 3 aromatic heterocycles. The fourth-order valence-electron chi connectivity index (χ4n) is 3.20. The minimum Gasteiger partial charge on any atom is -0.350 e. The summed E-state index contributed by atoms with van der Waals surface area (Å²) in [6.07, 6.45) is 3.69. The minimum atomic E-state index is -0.719. The lowest BCUT2D eigenvalue weighted by Gasteiger charge is -2.12. The summed E-state index contributed by atoms with van der Waals surface area (Å²) in [5.74, 6) is 0.0725. The molecule has 1 aromatic carbocycles. The SMILES string of the molecule is C/C(=N\NC(N)=O)c1ccc2ncc(C(C)c3ccc4c(cnn4C)c3)n2n1. The quantitative estimate of drug-likeness (QED) is 0.419. The number of aromatic nitrogens is 5. The van der Waals surface area contributed by atoms with Crippen molar-refractivity contribution in [2.75, 3.05) is 0 Å². The van der Waals surface area contributed by atoms with Crippen LogP contribution in [-0.2, 0) is 7.05 Å². The fraction of sp³-hybridized carbons (Fsp3) is 0.211. The first-order valence-corrected chi connectivity index (χ1v) is 8.80. The van der Waals surface area contributed by atoms with Crippen LogP contribution in [0, 0.1) is 0 Å². The summed E-state index contributed by atoms with van der Waals surface area (Å²) in [6, 6.07) is 9.26. The minimum absolute atomic E-state index is 0.0725. The number of primary amides is 1. The van der Waals surface area contributed by atoms with Gasteiger partial charge in [0, 0.05) is 18.4 Å². The van der Waals surface area contributed by atoms with E-state index in [0.29, 0.717) is 11.4 Å². The van der Waals surface area contributed by atoms with Gasteiger partial charge < -0.3 is 5.73 Å². The monoisotopic (exact) mass is 376 g/mol. The number of amides is 2. The lowest BCUT2D eigenvalue weighted by molar-refractivity contribution is 0.249. The molecule has 9 heteroatoms. The standard InChI is InChI=1S/C19H20N8O/c1-11(13-4-6-16-14(8-13)9-22-26(16)3)17-10-21-18-7-5-15(25-27(17)18)12(2)23-24-19(20)28/h4-11H,1-3H3,(H3,20,24,28)/b23-12+. The molecule has 0 saturated heterocycles. The van der Waals surface area contributed by atoms with Crippen molar-refractivity contribution < 1.29 is 4.79 Å². The third kappa shape index (κ3) is 3.07. The zero-order valence-corrected chi connectivity index (χ0v) is 15.8. The first-order valence-electron chi connectivity index (χ1n) is 8.80. The molecule has 1 unspecified atom stereocenters. The highest BCUT2D eigenvalue weighted by Gasteiger charge is 2.16. The van der Waals surface area contributed by atoms with Crippen LogP contribution in [0.15, 0.2) is 47.8 Å². The number of rotatable bonds is 4. The predicted molar refractivity (Wildman–Crippen MR) is 106 cm³/mol. The number of nitrogens with two attached hydrogens (primary N) is 1. The van der Waals surface area contributed by atoms with Crippen LogP contribution in [0.5, 0.6) is 0 Å². The average Bonchev–Trinajstić information content (AvgIpc) is 3.28. The van der Waals surface area contributed by atoms with Gasteiger partial charge in [-0.15, -0.1) is 0 Å². The molecule has 0 aliphatic carbocycles. The molecule has 4 aromatic rings. The highest BCUT2D eigenvalue weighted by atomic mass is 16.2. The van der Waals surface area contributed by atoms with Crippen LogP contribution in [0.1, 0.15) is 36.7 Å². The Morgan fingerprint density at radius 1 is 1.25 bits per heavy atom. The van der Waals surface area contributed by atoms with Crippen LogP contribution in [-0.4, -0.2) is 36.1 Å². The highest BCUT2D eigenvalue weighted by Crippen LogP contribution is 2.27. The summed E-state index contributed by atoms with van der Waals surface area (Å²) < 4.78 is 3.66. The van der Waals surface area contributed by atoms with Gasteiger partial charge >= 0.3 is 6.03 Å². The molecule has 0 radical (unpaired) electrons. The Kier molecular flexibility index (Phi) is 4.26. The van der Waals surface area contributed by atoms with Crippen molar-refractivity contribution in [3.05, 3.63) is 59.7 Å². The molecule has 0 fully saturated rings. The molecule has 9 nitrogen and oxygen atoms in total. The second-order valence-corrected chi connectivity index (χ2v) is 6.65. The van der Waals surface area contributed by atoms with E-state index in [-0.39, 0.29) is 5.92 Å². The van der Waals surface area contributed by atoms with E-state index in [1.807, 2.05) is 30.2 Å². The van der Waals surface area contributed by atoms with Gasteiger partial charge in [-0.2, -0.15) is 15.3 Å². The Bertz CT molecular complexity index is 1220. The maximum Gasteiger partial charge on any atom is 0.332 e. The zero-order chi connectivity index (χ0) is 19.8. The van der Waals surface area contributed by atoms with Crippen LogP contribution < -0.4 is 11.2 Å². The topological polar surface area (TPSA) is 115 Å². The molecule has 28 heavy (non-hydrogen) atoms. The number of aryl methyl sites for hydroxylation is 1.